The van der Waals surface area contributed by atoms with Crippen molar-refractivity contribution < 1.29 is 23.6 Å². The molecule has 4 aromatic carbocycles. The number of nitrogens with zero attached hydrogens (tertiary/aromatic N) is 1. The van der Waals surface area contributed by atoms with Crippen molar-refractivity contribution in [1.82, 2.24) is 0 Å². The Bertz CT molecular complexity index is 1260. The first-order valence-corrected chi connectivity index (χ1v) is 14.5. The van der Waals surface area contributed by atoms with E-state index < -0.39 is 25.3 Å². The molecular weight excluding hydrogens is 509 g/mol. The van der Waals surface area contributed by atoms with Crippen LogP contribution in [-0.4, -0.2) is 31.1 Å². The van der Waals surface area contributed by atoms with Crippen molar-refractivity contribution in [1.29, 1.82) is 0 Å². The van der Waals surface area contributed by atoms with Crippen LogP contribution < -0.4 is 15.9 Å². The summed E-state index contributed by atoms with van der Waals surface area (Å²) >= 11 is 0. The zero-order valence-corrected chi connectivity index (χ0v) is 22.9. The third kappa shape index (κ3) is 6.42. The summed E-state index contributed by atoms with van der Waals surface area (Å²) in [6.07, 6.45) is 0. The smallest absolute Gasteiger partial charge is 0.330 e. The van der Waals surface area contributed by atoms with Gasteiger partial charge in [-0.2, -0.15) is 0 Å². The standard InChI is InChI=1S/C32H31NO5P/c1-3-36-31(34)29(32(35)37-4-2)30(33-25-17-9-5-10-18-25)38-39(26-19-11-6-12-20-26,27-21-13-7-14-22-27)28-23-15-8-16-24-28/h5-24,29H,3-4H2,1-2H3/q+1. The van der Waals surface area contributed by atoms with E-state index in [1.165, 1.54) is 0 Å². The van der Waals surface area contributed by atoms with Gasteiger partial charge in [0.25, 0.3) is 13.4 Å². The van der Waals surface area contributed by atoms with Crippen LogP contribution in [0.1, 0.15) is 13.8 Å². The maximum atomic E-state index is 13.3. The molecule has 0 amide bonds. The minimum absolute atomic E-state index is 0.0806. The molecular formula is C32H31NO5P+. The van der Waals surface area contributed by atoms with E-state index >= 15 is 0 Å². The maximum Gasteiger partial charge on any atom is 0.330 e. The summed E-state index contributed by atoms with van der Waals surface area (Å²) < 4.78 is 17.7. The van der Waals surface area contributed by atoms with Gasteiger partial charge in [-0.15, -0.1) is 0 Å². The SMILES string of the molecule is CCOC(=O)C(C(=O)OCC)C(=Nc1ccccc1)O[P+](c1ccccc1)(c1ccccc1)c1ccccc1. The van der Waals surface area contributed by atoms with E-state index in [4.69, 9.17) is 19.0 Å². The van der Waals surface area contributed by atoms with Crippen LogP contribution in [0.2, 0.25) is 0 Å². The molecule has 0 fully saturated rings. The highest BCUT2D eigenvalue weighted by Crippen LogP contribution is 2.57. The maximum absolute atomic E-state index is 13.3. The molecule has 0 saturated carbocycles. The number of esters is 2. The van der Waals surface area contributed by atoms with Crippen molar-refractivity contribution >= 4 is 46.9 Å². The van der Waals surface area contributed by atoms with E-state index in [1.54, 1.807) is 26.0 Å². The Balaban J connectivity index is 2.02. The molecule has 4 rings (SSSR count). The van der Waals surface area contributed by atoms with Gasteiger partial charge in [-0.05, 0) is 62.4 Å². The number of hydrogen-bond acceptors (Lipinski definition) is 6. The molecule has 0 aliphatic carbocycles. The van der Waals surface area contributed by atoms with Crippen LogP contribution in [0.15, 0.2) is 126 Å². The predicted molar refractivity (Wildman–Crippen MR) is 157 cm³/mol. The van der Waals surface area contributed by atoms with E-state index in [0.29, 0.717) is 5.69 Å². The third-order valence-electron chi connectivity index (χ3n) is 5.88. The number of carbonyl (C=O) groups excluding carboxylic acids is 2. The van der Waals surface area contributed by atoms with Crippen molar-refractivity contribution in [3.63, 3.8) is 0 Å². The fraction of sp³-hybridized carbons (Fsp3) is 0.156. The third-order valence-corrected chi connectivity index (χ3v) is 9.41. The molecule has 0 atom stereocenters. The van der Waals surface area contributed by atoms with Crippen molar-refractivity contribution in [3.05, 3.63) is 121 Å². The summed E-state index contributed by atoms with van der Waals surface area (Å²) in [5, 5.41) is 2.69. The Morgan fingerprint density at radius 3 is 1.33 bits per heavy atom. The molecule has 0 aromatic heterocycles. The van der Waals surface area contributed by atoms with Crippen molar-refractivity contribution in [2.45, 2.75) is 13.8 Å². The molecule has 0 bridgehead atoms. The number of para-hydroxylation sites is 1. The van der Waals surface area contributed by atoms with E-state index in [9.17, 15) is 9.59 Å². The predicted octanol–water partition coefficient (Wildman–Crippen LogP) is 5.38. The van der Waals surface area contributed by atoms with E-state index in [1.807, 2.05) is 109 Å². The number of rotatable bonds is 10. The zero-order valence-electron chi connectivity index (χ0n) is 22.0. The zero-order chi connectivity index (χ0) is 27.5. The summed E-state index contributed by atoms with van der Waals surface area (Å²) in [6.45, 7) is 3.54. The quantitative estimate of drug-likeness (QED) is 0.0887. The highest BCUT2D eigenvalue weighted by atomic mass is 31.2. The van der Waals surface area contributed by atoms with Crippen LogP contribution in [-0.2, 0) is 23.6 Å². The minimum Gasteiger partial charge on any atom is -0.465 e. The van der Waals surface area contributed by atoms with Gasteiger partial charge < -0.3 is 14.0 Å². The second-order valence-electron chi connectivity index (χ2n) is 8.43. The summed E-state index contributed by atoms with van der Waals surface area (Å²) in [4.78, 5) is 31.4. The molecule has 0 aliphatic rings. The molecule has 0 saturated heterocycles. The largest absolute Gasteiger partial charge is 0.465 e. The molecule has 0 heterocycles. The van der Waals surface area contributed by atoms with Gasteiger partial charge in [-0.3, -0.25) is 9.59 Å². The van der Waals surface area contributed by atoms with Gasteiger partial charge in [0.15, 0.2) is 0 Å². The van der Waals surface area contributed by atoms with Crippen molar-refractivity contribution in [2.24, 2.45) is 10.9 Å². The van der Waals surface area contributed by atoms with Gasteiger partial charge in [-0.1, -0.05) is 72.8 Å². The van der Waals surface area contributed by atoms with Crippen LogP contribution >= 0.6 is 7.49 Å². The van der Waals surface area contributed by atoms with Gasteiger partial charge in [0.05, 0.1) is 18.9 Å². The topological polar surface area (TPSA) is 74.2 Å². The summed E-state index contributed by atoms with van der Waals surface area (Å²) in [5.41, 5.74) is 0.526. The Hall–Kier alpha value is -4.28. The molecule has 198 valence electrons. The highest BCUT2D eigenvalue weighted by molar-refractivity contribution is 7.92. The van der Waals surface area contributed by atoms with Gasteiger partial charge in [-0.25, -0.2) is 4.99 Å². The number of carbonyl (C=O) groups is 2. The van der Waals surface area contributed by atoms with Crippen LogP contribution in [0.25, 0.3) is 0 Å². The number of hydrogen-bond donors (Lipinski definition) is 0. The summed E-state index contributed by atoms with van der Waals surface area (Å²) in [7, 11) is -2.96. The molecule has 0 N–H and O–H groups in total. The number of benzene rings is 4. The fourth-order valence-electron chi connectivity index (χ4n) is 4.18. The lowest BCUT2D eigenvalue weighted by Gasteiger charge is -2.28. The molecule has 0 spiro atoms. The average Bonchev–Trinajstić information content (AvgIpc) is 2.98. The molecule has 39 heavy (non-hydrogen) atoms. The molecule has 0 aliphatic heterocycles. The van der Waals surface area contributed by atoms with E-state index in [-0.39, 0.29) is 19.1 Å². The van der Waals surface area contributed by atoms with Gasteiger partial charge in [0.2, 0.25) is 5.92 Å². The fourth-order valence-corrected chi connectivity index (χ4v) is 7.59. The lowest BCUT2D eigenvalue weighted by molar-refractivity contribution is -0.158. The first-order chi connectivity index (χ1) is 19.1. The van der Waals surface area contributed by atoms with Gasteiger partial charge in [0.1, 0.15) is 15.9 Å². The lowest BCUT2D eigenvalue weighted by Crippen LogP contribution is -2.41. The Morgan fingerprint density at radius 2 is 0.974 bits per heavy atom. The molecule has 0 unspecified atom stereocenters. The van der Waals surface area contributed by atoms with Gasteiger partial charge >= 0.3 is 11.9 Å². The second kappa shape index (κ2) is 13.5. The average molecular weight is 541 g/mol. The lowest BCUT2D eigenvalue weighted by atomic mass is 10.1. The highest BCUT2D eigenvalue weighted by Gasteiger charge is 2.53. The second-order valence-corrected chi connectivity index (χ2v) is 11.4. The van der Waals surface area contributed by atoms with Gasteiger partial charge in [0, 0.05) is 0 Å². The first-order valence-electron chi connectivity index (χ1n) is 12.8. The number of aliphatic imine (C=N–C) groups is 1. The van der Waals surface area contributed by atoms with Crippen molar-refractivity contribution in [2.75, 3.05) is 13.2 Å². The molecule has 7 heteroatoms. The summed E-state index contributed by atoms with van der Waals surface area (Å²) in [5.74, 6) is -3.15. The Labute approximate surface area is 229 Å². The molecule has 6 nitrogen and oxygen atoms in total. The van der Waals surface area contributed by atoms with Crippen molar-refractivity contribution in [3.8, 4) is 0 Å². The monoisotopic (exact) mass is 540 g/mol. The Morgan fingerprint density at radius 1 is 0.615 bits per heavy atom. The number of ether oxygens (including phenoxy) is 2. The summed E-state index contributed by atoms with van der Waals surface area (Å²) in [6, 6.07) is 38.6. The minimum atomic E-state index is -2.96. The van der Waals surface area contributed by atoms with Crippen LogP contribution in [0.5, 0.6) is 0 Å². The van der Waals surface area contributed by atoms with Crippen LogP contribution in [0, 0.1) is 5.92 Å². The Kier molecular flexibility index (Phi) is 9.60. The molecule has 4 aromatic rings. The molecule has 0 radical (unpaired) electrons. The van der Waals surface area contributed by atoms with E-state index in [0.717, 1.165) is 15.9 Å². The van der Waals surface area contributed by atoms with E-state index in [2.05, 4.69) is 0 Å². The van der Waals surface area contributed by atoms with Crippen LogP contribution in [0.4, 0.5) is 5.69 Å². The first kappa shape index (κ1) is 27.7. The van der Waals surface area contributed by atoms with Crippen LogP contribution in [0.3, 0.4) is 0 Å². The normalized spacial score (nSPS) is 11.6.